The minimum atomic E-state index is -0.190. The van der Waals surface area contributed by atoms with E-state index in [9.17, 15) is 4.79 Å². The maximum absolute atomic E-state index is 12.8. The van der Waals surface area contributed by atoms with E-state index in [2.05, 4.69) is 56.7 Å². The zero-order valence-electron chi connectivity index (χ0n) is 21.5. The molecule has 0 bridgehead atoms. The molecule has 8 nitrogen and oxygen atoms in total. The molecule has 1 aliphatic rings. The van der Waals surface area contributed by atoms with E-state index in [4.69, 9.17) is 9.97 Å². The molecular formula is C30H29N7O. The van der Waals surface area contributed by atoms with Crippen molar-refractivity contribution in [1.82, 2.24) is 25.3 Å². The molecule has 0 aliphatic carbocycles. The number of aromatic nitrogens is 4. The van der Waals surface area contributed by atoms with Crippen LogP contribution in [0.1, 0.15) is 11.3 Å². The van der Waals surface area contributed by atoms with Crippen molar-refractivity contribution >= 4 is 28.1 Å². The number of benzene rings is 1. The number of pyridine rings is 4. The molecule has 1 fully saturated rings. The van der Waals surface area contributed by atoms with Crippen LogP contribution in [0.3, 0.4) is 0 Å². The molecule has 0 atom stereocenters. The average Bonchev–Trinajstić information content (AvgIpc) is 2.94. The maximum Gasteiger partial charge on any atom is 0.259 e. The summed E-state index contributed by atoms with van der Waals surface area (Å²) in [5, 5.41) is 8.09. The summed E-state index contributed by atoms with van der Waals surface area (Å²) in [5.74, 6) is 1.51. The van der Waals surface area contributed by atoms with E-state index in [1.807, 2.05) is 49.5 Å². The number of nitrogens with zero attached hydrogens (tertiary/aromatic N) is 4. The van der Waals surface area contributed by atoms with Crippen LogP contribution in [0.15, 0.2) is 77.9 Å². The zero-order valence-corrected chi connectivity index (χ0v) is 21.5. The Labute approximate surface area is 220 Å². The smallest absolute Gasteiger partial charge is 0.259 e. The minimum Gasteiger partial charge on any atom is -0.354 e. The van der Waals surface area contributed by atoms with Crippen molar-refractivity contribution in [1.29, 1.82) is 0 Å². The van der Waals surface area contributed by atoms with Crippen molar-refractivity contribution in [3.63, 3.8) is 0 Å². The van der Waals surface area contributed by atoms with E-state index < -0.39 is 0 Å². The van der Waals surface area contributed by atoms with Crippen LogP contribution >= 0.6 is 0 Å². The van der Waals surface area contributed by atoms with Crippen LogP contribution in [0.4, 0.5) is 17.3 Å². The Bertz CT molecular complexity index is 1670. The van der Waals surface area contributed by atoms with Gasteiger partial charge >= 0.3 is 0 Å². The predicted molar refractivity (Wildman–Crippen MR) is 153 cm³/mol. The Kier molecular flexibility index (Phi) is 6.31. The Morgan fingerprint density at radius 1 is 0.921 bits per heavy atom. The lowest BCUT2D eigenvalue weighted by Gasteiger charge is -2.28. The molecule has 3 N–H and O–H groups in total. The number of aryl methyl sites for hydroxylation is 2. The molecular weight excluding hydrogens is 474 g/mol. The summed E-state index contributed by atoms with van der Waals surface area (Å²) in [6.07, 6.45) is 3.60. The van der Waals surface area contributed by atoms with Crippen LogP contribution in [0.2, 0.25) is 0 Å². The number of fused-ring (bicyclic) bond motifs is 1. The molecule has 6 rings (SSSR count). The molecule has 5 heterocycles. The second kappa shape index (κ2) is 10.1. The molecule has 190 valence electrons. The first-order chi connectivity index (χ1) is 18.5. The van der Waals surface area contributed by atoms with Gasteiger partial charge in [0.05, 0.1) is 16.8 Å². The van der Waals surface area contributed by atoms with Crippen molar-refractivity contribution in [3.05, 3.63) is 94.7 Å². The number of anilines is 3. The van der Waals surface area contributed by atoms with Crippen LogP contribution in [0.25, 0.3) is 33.3 Å². The van der Waals surface area contributed by atoms with Gasteiger partial charge in [-0.3, -0.25) is 9.78 Å². The summed E-state index contributed by atoms with van der Waals surface area (Å²) in [6, 6.07) is 20.0. The van der Waals surface area contributed by atoms with E-state index in [0.29, 0.717) is 16.9 Å². The van der Waals surface area contributed by atoms with Crippen LogP contribution in [0, 0.1) is 13.8 Å². The third-order valence-corrected chi connectivity index (χ3v) is 6.89. The van der Waals surface area contributed by atoms with Gasteiger partial charge in [-0.05, 0) is 78.9 Å². The first-order valence-corrected chi connectivity index (χ1v) is 12.8. The van der Waals surface area contributed by atoms with Gasteiger partial charge in [0.1, 0.15) is 11.6 Å². The Balaban J connectivity index is 1.32. The van der Waals surface area contributed by atoms with Gasteiger partial charge in [0.15, 0.2) is 0 Å². The van der Waals surface area contributed by atoms with Gasteiger partial charge in [-0.25, -0.2) is 9.97 Å². The number of H-pyrrole nitrogens is 1. The monoisotopic (exact) mass is 503 g/mol. The number of piperazine rings is 1. The van der Waals surface area contributed by atoms with Crippen molar-refractivity contribution in [2.75, 3.05) is 36.4 Å². The third kappa shape index (κ3) is 4.73. The van der Waals surface area contributed by atoms with E-state index in [0.717, 1.165) is 71.1 Å². The zero-order chi connectivity index (χ0) is 26.1. The topological polar surface area (TPSA) is 98.8 Å². The first-order valence-electron chi connectivity index (χ1n) is 12.8. The molecule has 0 unspecified atom stereocenters. The van der Waals surface area contributed by atoms with Crippen LogP contribution in [-0.4, -0.2) is 46.1 Å². The summed E-state index contributed by atoms with van der Waals surface area (Å²) >= 11 is 0. The largest absolute Gasteiger partial charge is 0.354 e. The van der Waals surface area contributed by atoms with Crippen molar-refractivity contribution in [3.8, 4) is 22.5 Å². The van der Waals surface area contributed by atoms with Gasteiger partial charge in [-0.1, -0.05) is 12.1 Å². The minimum absolute atomic E-state index is 0.190. The molecule has 0 radical (unpaired) electrons. The van der Waals surface area contributed by atoms with E-state index in [1.165, 1.54) is 0 Å². The summed E-state index contributed by atoms with van der Waals surface area (Å²) in [4.78, 5) is 32.0. The predicted octanol–water partition coefficient (Wildman–Crippen LogP) is 4.82. The molecule has 5 aromatic rings. The summed E-state index contributed by atoms with van der Waals surface area (Å²) < 4.78 is 0. The molecule has 38 heavy (non-hydrogen) atoms. The second-order valence-electron chi connectivity index (χ2n) is 9.59. The molecule has 0 spiro atoms. The van der Waals surface area contributed by atoms with Crippen LogP contribution in [-0.2, 0) is 0 Å². The fourth-order valence-corrected chi connectivity index (χ4v) is 4.95. The molecule has 0 amide bonds. The quantitative estimate of drug-likeness (QED) is 0.316. The molecule has 0 saturated carbocycles. The van der Waals surface area contributed by atoms with Gasteiger partial charge in [0, 0.05) is 55.5 Å². The van der Waals surface area contributed by atoms with Crippen LogP contribution in [0.5, 0.6) is 0 Å². The molecule has 4 aromatic heterocycles. The average molecular weight is 504 g/mol. The van der Waals surface area contributed by atoms with Gasteiger partial charge in [-0.2, -0.15) is 0 Å². The maximum atomic E-state index is 12.8. The number of aromatic amines is 1. The number of hydrogen-bond donors (Lipinski definition) is 3. The van der Waals surface area contributed by atoms with Gasteiger partial charge in [0.2, 0.25) is 0 Å². The first kappa shape index (κ1) is 23.8. The fourth-order valence-electron chi connectivity index (χ4n) is 4.95. The third-order valence-electron chi connectivity index (χ3n) is 6.89. The highest BCUT2D eigenvalue weighted by Crippen LogP contribution is 2.30. The Morgan fingerprint density at radius 2 is 1.79 bits per heavy atom. The summed E-state index contributed by atoms with van der Waals surface area (Å²) in [5.41, 5.74) is 6.32. The van der Waals surface area contributed by atoms with Crippen molar-refractivity contribution in [2.24, 2.45) is 0 Å². The summed E-state index contributed by atoms with van der Waals surface area (Å²) in [6.45, 7) is 7.94. The SMILES string of the molecule is Cc1cccc(-c2cc3cc[nH]c(=O)c3c(Nc3ccc(-c4ccc(N5CCNCC5)nc4)c(C)c3)n2)n1. The van der Waals surface area contributed by atoms with E-state index in [1.54, 1.807) is 6.20 Å². The highest BCUT2D eigenvalue weighted by atomic mass is 16.1. The highest BCUT2D eigenvalue weighted by molar-refractivity contribution is 5.95. The van der Waals surface area contributed by atoms with Gasteiger partial charge in [-0.15, -0.1) is 0 Å². The fraction of sp³-hybridized carbons (Fsp3) is 0.200. The molecule has 1 saturated heterocycles. The van der Waals surface area contributed by atoms with Crippen LogP contribution < -0.4 is 21.1 Å². The molecule has 1 aromatic carbocycles. The number of hydrogen-bond acceptors (Lipinski definition) is 7. The molecule has 1 aliphatic heterocycles. The number of nitrogens with one attached hydrogen (secondary N) is 3. The van der Waals surface area contributed by atoms with E-state index >= 15 is 0 Å². The van der Waals surface area contributed by atoms with Crippen molar-refractivity contribution in [2.45, 2.75) is 13.8 Å². The second-order valence-corrected chi connectivity index (χ2v) is 9.59. The molecule has 8 heteroatoms. The highest BCUT2D eigenvalue weighted by Gasteiger charge is 2.14. The lowest BCUT2D eigenvalue weighted by atomic mass is 10.0. The lowest BCUT2D eigenvalue weighted by molar-refractivity contribution is 0.585. The normalized spacial score (nSPS) is 13.6. The van der Waals surface area contributed by atoms with Gasteiger partial charge in [0.25, 0.3) is 5.56 Å². The van der Waals surface area contributed by atoms with E-state index in [-0.39, 0.29) is 5.56 Å². The Hall–Kier alpha value is -4.56. The summed E-state index contributed by atoms with van der Waals surface area (Å²) in [7, 11) is 0. The van der Waals surface area contributed by atoms with Gasteiger partial charge < -0.3 is 20.5 Å². The van der Waals surface area contributed by atoms with Crippen molar-refractivity contribution < 1.29 is 0 Å². The standard InChI is InChI=1S/C30H29N7O/c1-19-16-23(7-8-24(19)22-6-9-27(33-18-22)37-14-12-31-13-15-37)35-29-28-21(10-11-32-30(28)38)17-26(36-29)25-5-3-4-20(2)34-25/h3-11,16-18,31H,12-15H2,1-2H3,(H,32,38)(H,35,36). The lowest BCUT2D eigenvalue weighted by Crippen LogP contribution is -2.43. The Morgan fingerprint density at radius 3 is 2.55 bits per heavy atom. The number of rotatable bonds is 5.